The van der Waals surface area contributed by atoms with Gasteiger partial charge in [0.05, 0.1) is 17.5 Å². The fraction of sp³-hybridized carbons (Fsp3) is 0.320. The number of nitrogens with zero attached hydrogens (tertiary/aromatic N) is 2. The maximum absolute atomic E-state index is 13.7. The molecule has 0 radical (unpaired) electrons. The molecule has 33 heavy (non-hydrogen) atoms. The van der Waals surface area contributed by atoms with Crippen molar-refractivity contribution in [3.63, 3.8) is 0 Å². The van der Waals surface area contributed by atoms with Gasteiger partial charge in [0.25, 0.3) is 0 Å². The smallest absolute Gasteiger partial charge is 0.243 e. The lowest BCUT2D eigenvalue weighted by Crippen LogP contribution is -2.47. The molecular formula is C25H25ClN2O3S2. The number of halogens is 1. The Morgan fingerprint density at radius 3 is 2.45 bits per heavy atom. The van der Waals surface area contributed by atoms with Gasteiger partial charge in [0, 0.05) is 22.5 Å². The summed E-state index contributed by atoms with van der Waals surface area (Å²) in [5.74, 6) is -0.165. The molecule has 8 heteroatoms. The SMILES string of the molecule is Cc1ccc(C2c3ccsc3CCN2C(=O)CN(C2CC2)S(=O)(=O)c2ccc(Cl)cc2)cc1. The van der Waals surface area contributed by atoms with E-state index in [4.69, 9.17) is 11.6 Å². The molecule has 1 aromatic heterocycles. The van der Waals surface area contributed by atoms with Crippen molar-refractivity contribution in [1.29, 1.82) is 0 Å². The van der Waals surface area contributed by atoms with Gasteiger partial charge < -0.3 is 4.90 Å². The van der Waals surface area contributed by atoms with Crippen LogP contribution >= 0.6 is 22.9 Å². The van der Waals surface area contributed by atoms with Crippen molar-refractivity contribution in [3.8, 4) is 0 Å². The molecule has 0 spiro atoms. The standard InChI is InChI=1S/C25H25ClN2O3S2/c1-17-2-4-18(5-3-17)25-22-13-15-32-23(22)12-14-27(25)24(29)16-28(20-8-9-20)33(30,31)21-10-6-19(26)7-11-21/h2-7,10-11,13,15,20,25H,8-9,12,14,16H2,1H3. The zero-order chi connectivity index (χ0) is 23.2. The molecule has 5 nitrogen and oxygen atoms in total. The third-order valence-electron chi connectivity index (χ3n) is 6.34. The number of amides is 1. The van der Waals surface area contributed by atoms with Gasteiger partial charge in [0.1, 0.15) is 0 Å². The van der Waals surface area contributed by atoms with E-state index >= 15 is 0 Å². The Bertz CT molecular complexity index is 1270. The van der Waals surface area contributed by atoms with Crippen molar-refractivity contribution in [2.24, 2.45) is 0 Å². The van der Waals surface area contributed by atoms with Gasteiger partial charge in [0.15, 0.2) is 0 Å². The highest BCUT2D eigenvalue weighted by molar-refractivity contribution is 7.89. The maximum Gasteiger partial charge on any atom is 0.243 e. The molecule has 2 aromatic carbocycles. The van der Waals surface area contributed by atoms with Gasteiger partial charge in [-0.05, 0) is 73.0 Å². The molecule has 1 saturated carbocycles. The number of sulfonamides is 1. The number of carbonyl (C=O) groups excluding carboxylic acids is 1. The average Bonchev–Trinajstić information content (AvgIpc) is 3.53. The summed E-state index contributed by atoms with van der Waals surface area (Å²) >= 11 is 7.67. The Labute approximate surface area is 203 Å². The van der Waals surface area contributed by atoms with Crippen LogP contribution in [0.3, 0.4) is 0 Å². The van der Waals surface area contributed by atoms with Crippen LogP contribution in [0.15, 0.2) is 64.9 Å². The minimum atomic E-state index is -3.80. The van der Waals surface area contributed by atoms with Gasteiger partial charge in [-0.2, -0.15) is 4.31 Å². The maximum atomic E-state index is 13.7. The number of carbonyl (C=O) groups is 1. The predicted molar refractivity (Wildman–Crippen MR) is 131 cm³/mol. The first-order valence-corrected chi connectivity index (χ1v) is 13.7. The molecule has 2 heterocycles. The molecule has 5 rings (SSSR count). The van der Waals surface area contributed by atoms with Gasteiger partial charge in [-0.3, -0.25) is 4.79 Å². The lowest BCUT2D eigenvalue weighted by molar-refractivity contribution is -0.133. The van der Waals surface area contributed by atoms with E-state index in [1.165, 1.54) is 21.3 Å². The summed E-state index contributed by atoms with van der Waals surface area (Å²) in [6.45, 7) is 2.46. The number of benzene rings is 2. The number of aryl methyl sites for hydroxylation is 1. The van der Waals surface area contributed by atoms with E-state index in [9.17, 15) is 13.2 Å². The van der Waals surface area contributed by atoms with E-state index in [1.54, 1.807) is 23.5 Å². The third-order valence-corrected chi connectivity index (χ3v) is 9.51. The molecular weight excluding hydrogens is 476 g/mol. The minimum Gasteiger partial charge on any atom is -0.330 e. The van der Waals surface area contributed by atoms with E-state index in [0.29, 0.717) is 11.6 Å². The second-order valence-corrected chi connectivity index (χ2v) is 12.0. The van der Waals surface area contributed by atoms with Crippen molar-refractivity contribution >= 4 is 38.9 Å². The lowest BCUT2D eigenvalue weighted by Gasteiger charge is -2.37. The van der Waals surface area contributed by atoms with Crippen LogP contribution in [0, 0.1) is 6.92 Å². The highest BCUT2D eigenvalue weighted by Crippen LogP contribution is 2.39. The van der Waals surface area contributed by atoms with Crippen molar-refractivity contribution < 1.29 is 13.2 Å². The van der Waals surface area contributed by atoms with Crippen LogP contribution in [0.1, 0.15) is 40.5 Å². The van der Waals surface area contributed by atoms with Crippen molar-refractivity contribution in [3.05, 3.63) is 86.6 Å². The topological polar surface area (TPSA) is 57.7 Å². The van der Waals surface area contributed by atoms with Crippen molar-refractivity contribution in [2.45, 2.75) is 43.2 Å². The normalized spacial score (nSPS) is 18.4. The molecule has 0 bridgehead atoms. The van der Waals surface area contributed by atoms with E-state index in [0.717, 1.165) is 36.0 Å². The number of rotatable bonds is 6. The number of hydrogen-bond donors (Lipinski definition) is 0. The fourth-order valence-corrected chi connectivity index (χ4v) is 7.10. The first-order valence-electron chi connectivity index (χ1n) is 11.0. The van der Waals surface area contributed by atoms with E-state index < -0.39 is 10.0 Å². The highest BCUT2D eigenvalue weighted by atomic mass is 35.5. The summed E-state index contributed by atoms with van der Waals surface area (Å²) in [6.07, 6.45) is 2.33. The van der Waals surface area contributed by atoms with Crippen LogP contribution in [-0.4, -0.2) is 42.7 Å². The summed E-state index contributed by atoms with van der Waals surface area (Å²) in [6, 6.07) is 16.1. The monoisotopic (exact) mass is 500 g/mol. The zero-order valence-electron chi connectivity index (χ0n) is 18.3. The van der Waals surface area contributed by atoms with E-state index in [2.05, 4.69) is 35.7 Å². The largest absolute Gasteiger partial charge is 0.330 e. The van der Waals surface area contributed by atoms with Crippen LogP contribution in [0.2, 0.25) is 5.02 Å². The van der Waals surface area contributed by atoms with Gasteiger partial charge in [0.2, 0.25) is 15.9 Å². The van der Waals surface area contributed by atoms with Gasteiger partial charge in [-0.15, -0.1) is 11.3 Å². The first-order chi connectivity index (χ1) is 15.8. The molecule has 1 aliphatic carbocycles. The highest BCUT2D eigenvalue weighted by Gasteiger charge is 2.41. The van der Waals surface area contributed by atoms with E-state index in [1.807, 2.05) is 11.8 Å². The van der Waals surface area contributed by atoms with Crippen molar-refractivity contribution in [2.75, 3.05) is 13.1 Å². The summed E-state index contributed by atoms with van der Waals surface area (Å²) in [5.41, 5.74) is 3.35. The molecule has 0 saturated heterocycles. The number of fused-ring (bicyclic) bond motifs is 1. The summed E-state index contributed by atoms with van der Waals surface area (Å²) in [5, 5.41) is 2.55. The Morgan fingerprint density at radius 1 is 1.09 bits per heavy atom. The second-order valence-electron chi connectivity index (χ2n) is 8.68. The Kier molecular flexibility index (Phi) is 6.07. The average molecular weight is 501 g/mol. The lowest BCUT2D eigenvalue weighted by atomic mass is 9.92. The molecule has 2 aliphatic rings. The molecule has 1 unspecified atom stereocenters. The van der Waals surface area contributed by atoms with Crippen LogP contribution in [0.4, 0.5) is 0 Å². The Morgan fingerprint density at radius 2 is 1.79 bits per heavy atom. The summed E-state index contributed by atoms with van der Waals surface area (Å²) < 4.78 is 28.2. The van der Waals surface area contributed by atoms with Gasteiger partial charge in [-0.25, -0.2) is 8.42 Å². The molecule has 3 aromatic rings. The molecule has 1 atom stereocenters. The second kappa shape index (κ2) is 8.87. The zero-order valence-corrected chi connectivity index (χ0v) is 20.7. The van der Waals surface area contributed by atoms with Crippen LogP contribution in [0.5, 0.6) is 0 Å². The molecule has 1 aliphatic heterocycles. The summed E-state index contributed by atoms with van der Waals surface area (Å²) in [4.78, 5) is 17.0. The molecule has 172 valence electrons. The van der Waals surface area contributed by atoms with Gasteiger partial charge in [-0.1, -0.05) is 41.4 Å². The van der Waals surface area contributed by atoms with Crippen LogP contribution in [-0.2, 0) is 21.2 Å². The molecule has 1 fully saturated rings. The number of hydrogen-bond acceptors (Lipinski definition) is 4. The van der Waals surface area contributed by atoms with Crippen LogP contribution in [0.25, 0.3) is 0 Å². The quantitative estimate of drug-likeness (QED) is 0.476. The predicted octanol–water partition coefficient (Wildman–Crippen LogP) is 5.04. The van der Waals surface area contributed by atoms with Gasteiger partial charge >= 0.3 is 0 Å². The first kappa shape index (κ1) is 22.6. The fourth-order valence-electron chi connectivity index (χ4n) is 4.43. The molecule has 1 amide bonds. The minimum absolute atomic E-state index is 0.131. The number of thiophene rings is 1. The molecule has 0 N–H and O–H groups in total. The van der Waals surface area contributed by atoms with Crippen LogP contribution < -0.4 is 0 Å². The summed E-state index contributed by atoms with van der Waals surface area (Å²) in [7, 11) is -3.80. The van der Waals surface area contributed by atoms with E-state index in [-0.39, 0.29) is 29.4 Å². The van der Waals surface area contributed by atoms with Crippen molar-refractivity contribution in [1.82, 2.24) is 9.21 Å². The Balaban J connectivity index is 1.46. The third kappa shape index (κ3) is 4.47. The Hall–Kier alpha value is -2.19.